The highest BCUT2D eigenvalue weighted by atomic mass is 32.2. The number of fused-ring (bicyclic) bond motifs is 1. The number of methoxy groups -OCH3 is 1. The van der Waals surface area contributed by atoms with Crippen molar-refractivity contribution in [2.75, 3.05) is 20.0 Å². The summed E-state index contributed by atoms with van der Waals surface area (Å²) in [6, 6.07) is 5.32. The Balaban J connectivity index is 2.30. The van der Waals surface area contributed by atoms with Crippen LogP contribution >= 0.6 is 0 Å². The Labute approximate surface area is 167 Å². The maximum Gasteiger partial charge on any atom is 0.329 e. The van der Waals surface area contributed by atoms with Crippen LogP contribution in [0.4, 0.5) is 0 Å². The summed E-state index contributed by atoms with van der Waals surface area (Å²) in [5, 5.41) is 4.57. The fraction of sp³-hybridized carbons (Fsp3) is 0.421. The van der Waals surface area contributed by atoms with Gasteiger partial charge < -0.3 is 9.72 Å². The molecule has 156 valence electrons. The van der Waals surface area contributed by atoms with Gasteiger partial charge in [-0.3, -0.25) is 9.48 Å². The topological polar surface area (TPSA) is 116 Å². The largest absolute Gasteiger partial charge is 0.383 e. The number of rotatable bonds is 7. The van der Waals surface area contributed by atoms with E-state index in [1.165, 1.54) is 0 Å². The van der Waals surface area contributed by atoms with Gasteiger partial charge in [-0.25, -0.2) is 17.8 Å². The molecule has 0 radical (unpaired) electrons. The molecule has 0 aliphatic carbocycles. The van der Waals surface area contributed by atoms with Crippen LogP contribution in [-0.2, 0) is 27.0 Å². The molecule has 3 aromatic rings. The second kappa shape index (κ2) is 7.96. The number of ether oxygens (including phenoxy) is 1. The predicted molar refractivity (Wildman–Crippen MR) is 111 cm³/mol. The van der Waals surface area contributed by atoms with Crippen molar-refractivity contribution in [1.29, 1.82) is 0 Å². The average molecular weight is 420 g/mol. The van der Waals surface area contributed by atoms with Gasteiger partial charge in [0, 0.05) is 25.1 Å². The standard InChI is InChI=1S/C19H24N4O5S/c1-12(2)13-10-16-15(18(24)22(19(25)21-16)11-29(4,26)27)9-14(13)17-5-6-20-23(17)7-8-28-3/h5-6,9-10,12H,7-8,11H2,1-4H3,(H,21,25). The van der Waals surface area contributed by atoms with E-state index in [0.717, 1.165) is 23.1 Å². The summed E-state index contributed by atoms with van der Waals surface area (Å²) in [6.45, 7) is 5.05. The molecule has 9 nitrogen and oxygen atoms in total. The van der Waals surface area contributed by atoms with Crippen molar-refractivity contribution >= 4 is 20.7 Å². The summed E-state index contributed by atoms with van der Waals surface area (Å²) in [5.74, 6) is -0.563. The van der Waals surface area contributed by atoms with Gasteiger partial charge in [0.05, 0.1) is 29.7 Å². The number of nitrogens with one attached hydrogen (secondary N) is 1. The highest BCUT2D eigenvalue weighted by Gasteiger charge is 2.18. The van der Waals surface area contributed by atoms with E-state index in [0.29, 0.717) is 23.2 Å². The lowest BCUT2D eigenvalue weighted by atomic mass is 9.93. The zero-order valence-electron chi connectivity index (χ0n) is 16.8. The van der Waals surface area contributed by atoms with Crippen molar-refractivity contribution in [3.8, 4) is 11.3 Å². The zero-order chi connectivity index (χ0) is 21.3. The molecule has 29 heavy (non-hydrogen) atoms. The third kappa shape index (κ3) is 4.33. The minimum atomic E-state index is -3.57. The van der Waals surface area contributed by atoms with Gasteiger partial charge in [-0.2, -0.15) is 5.10 Å². The molecule has 0 aliphatic rings. The van der Waals surface area contributed by atoms with Crippen molar-refractivity contribution in [3.63, 3.8) is 0 Å². The van der Waals surface area contributed by atoms with E-state index in [2.05, 4.69) is 10.1 Å². The summed E-state index contributed by atoms with van der Waals surface area (Å²) >= 11 is 0. The predicted octanol–water partition coefficient (Wildman–Crippen LogP) is 1.33. The first-order valence-corrected chi connectivity index (χ1v) is 11.2. The monoisotopic (exact) mass is 420 g/mol. The molecule has 0 atom stereocenters. The summed E-state index contributed by atoms with van der Waals surface area (Å²) in [5.41, 5.74) is 1.53. The molecule has 0 saturated heterocycles. The number of hydrogen-bond donors (Lipinski definition) is 1. The van der Waals surface area contributed by atoms with Crippen LogP contribution in [0.1, 0.15) is 25.3 Å². The number of hydrogen-bond acceptors (Lipinski definition) is 6. The van der Waals surface area contributed by atoms with Gasteiger partial charge in [-0.05, 0) is 29.7 Å². The molecule has 1 aromatic carbocycles. The van der Waals surface area contributed by atoms with Gasteiger partial charge in [0.15, 0.2) is 9.84 Å². The van der Waals surface area contributed by atoms with E-state index in [4.69, 9.17) is 4.74 Å². The molecule has 0 spiro atoms. The molecule has 0 amide bonds. The van der Waals surface area contributed by atoms with Crippen LogP contribution in [-0.4, -0.2) is 47.7 Å². The SMILES string of the molecule is COCCn1nccc1-c1cc2c(=O)n(CS(C)(=O)=O)c(=O)[nH]c2cc1C(C)C. The van der Waals surface area contributed by atoms with Crippen molar-refractivity contribution in [1.82, 2.24) is 19.3 Å². The number of aromatic amines is 1. The average Bonchev–Trinajstić information content (AvgIpc) is 3.10. The highest BCUT2D eigenvalue weighted by Crippen LogP contribution is 2.31. The van der Waals surface area contributed by atoms with E-state index >= 15 is 0 Å². The molecule has 0 aliphatic heterocycles. The van der Waals surface area contributed by atoms with Gasteiger partial charge in [0.1, 0.15) is 5.88 Å². The molecule has 2 heterocycles. The van der Waals surface area contributed by atoms with Crippen LogP contribution in [0, 0.1) is 0 Å². The van der Waals surface area contributed by atoms with E-state index in [1.807, 2.05) is 19.9 Å². The second-order valence-electron chi connectivity index (χ2n) is 7.29. The lowest BCUT2D eigenvalue weighted by molar-refractivity contribution is 0.184. The Bertz CT molecular complexity index is 1270. The fourth-order valence-electron chi connectivity index (χ4n) is 3.29. The number of nitrogens with zero attached hydrogens (tertiary/aromatic N) is 3. The van der Waals surface area contributed by atoms with E-state index in [-0.39, 0.29) is 11.3 Å². The Kier molecular flexibility index (Phi) is 5.76. The second-order valence-corrected chi connectivity index (χ2v) is 9.40. The van der Waals surface area contributed by atoms with Gasteiger partial charge >= 0.3 is 5.69 Å². The quantitative estimate of drug-likeness (QED) is 0.616. The molecule has 10 heteroatoms. The summed E-state index contributed by atoms with van der Waals surface area (Å²) in [6.07, 6.45) is 2.65. The lowest BCUT2D eigenvalue weighted by Crippen LogP contribution is -2.37. The fourth-order valence-corrected chi connectivity index (χ4v) is 3.99. The molecule has 1 N–H and O–H groups in total. The van der Waals surface area contributed by atoms with E-state index < -0.39 is 27.0 Å². The molecule has 0 saturated carbocycles. The van der Waals surface area contributed by atoms with Crippen LogP contribution in [0.25, 0.3) is 22.2 Å². The normalized spacial score (nSPS) is 12.2. The number of aromatic nitrogens is 4. The first-order chi connectivity index (χ1) is 13.6. The first kappa shape index (κ1) is 21.0. The van der Waals surface area contributed by atoms with Crippen LogP contribution in [0.15, 0.2) is 34.0 Å². The Morgan fingerprint density at radius 2 is 1.97 bits per heavy atom. The first-order valence-electron chi connectivity index (χ1n) is 9.12. The van der Waals surface area contributed by atoms with Crippen LogP contribution < -0.4 is 11.2 Å². The lowest BCUT2D eigenvalue weighted by Gasteiger charge is -2.16. The van der Waals surface area contributed by atoms with Crippen molar-refractivity contribution in [2.45, 2.75) is 32.2 Å². The molecule has 3 rings (SSSR count). The molecular weight excluding hydrogens is 396 g/mol. The van der Waals surface area contributed by atoms with Crippen molar-refractivity contribution in [2.24, 2.45) is 0 Å². The number of H-pyrrole nitrogens is 1. The van der Waals surface area contributed by atoms with Crippen LogP contribution in [0.5, 0.6) is 0 Å². The summed E-state index contributed by atoms with van der Waals surface area (Å²) in [4.78, 5) is 27.9. The maximum absolute atomic E-state index is 12.9. The van der Waals surface area contributed by atoms with Crippen molar-refractivity contribution in [3.05, 3.63) is 50.8 Å². The maximum atomic E-state index is 12.9. The summed E-state index contributed by atoms with van der Waals surface area (Å²) in [7, 11) is -1.96. The Morgan fingerprint density at radius 3 is 2.59 bits per heavy atom. The molecular formula is C19H24N4O5S. The smallest absolute Gasteiger partial charge is 0.329 e. The minimum Gasteiger partial charge on any atom is -0.383 e. The van der Waals surface area contributed by atoms with Gasteiger partial charge in [0.25, 0.3) is 5.56 Å². The van der Waals surface area contributed by atoms with E-state index in [9.17, 15) is 18.0 Å². The summed E-state index contributed by atoms with van der Waals surface area (Å²) < 4.78 is 30.9. The molecule has 0 bridgehead atoms. The van der Waals surface area contributed by atoms with Crippen LogP contribution in [0.3, 0.4) is 0 Å². The van der Waals surface area contributed by atoms with Gasteiger partial charge in [-0.1, -0.05) is 13.8 Å². The van der Waals surface area contributed by atoms with Gasteiger partial charge in [0.2, 0.25) is 0 Å². The Morgan fingerprint density at radius 1 is 1.24 bits per heavy atom. The highest BCUT2D eigenvalue weighted by molar-refractivity contribution is 7.89. The molecule has 0 unspecified atom stereocenters. The third-order valence-corrected chi connectivity index (χ3v) is 5.36. The van der Waals surface area contributed by atoms with Gasteiger partial charge in [-0.15, -0.1) is 0 Å². The van der Waals surface area contributed by atoms with E-state index in [1.54, 1.807) is 30.1 Å². The number of sulfone groups is 1. The molecule has 2 aromatic heterocycles. The molecule has 0 fully saturated rings. The van der Waals surface area contributed by atoms with Crippen LogP contribution in [0.2, 0.25) is 0 Å². The van der Waals surface area contributed by atoms with Crippen molar-refractivity contribution < 1.29 is 13.2 Å². The third-order valence-electron chi connectivity index (χ3n) is 4.64. The zero-order valence-corrected chi connectivity index (χ0v) is 17.6. The Hall–Kier alpha value is -2.72. The minimum absolute atomic E-state index is 0.113. The number of benzene rings is 1.